The Morgan fingerprint density at radius 1 is 1.23 bits per heavy atom. The molecule has 2 heterocycles. The van der Waals surface area contributed by atoms with Crippen LogP contribution in [0.4, 0.5) is 5.69 Å². The van der Waals surface area contributed by atoms with Crippen molar-refractivity contribution in [3.63, 3.8) is 0 Å². The Kier molecular flexibility index (Phi) is 1.52. The standard InChI is InChI=1S/C10H10N2.Ir/c1-11-7-8-12(9-11)10-5-3-2-4-6-10;/h2-5,7-9H,1H3;. The van der Waals surface area contributed by atoms with Crippen LogP contribution in [-0.4, -0.2) is 16.6 Å². The van der Waals surface area contributed by atoms with Crippen molar-refractivity contribution in [3.8, 4) is 0 Å². The summed E-state index contributed by atoms with van der Waals surface area (Å²) in [5, 5.41) is 0. The van der Waals surface area contributed by atoms with Gasteiger partial charge < -0.3 is 0 Å². The van der Waals surface area contributed by atoms with Gasteiger partial charge >= 0.3 is 85.7 Å². The summed E-state index contributed by atoms with van der Waals surface area (Å²) in [6, 6.07) is 8.77. The molecule has 0 saturated heterocycles. The molecule has 0 radical (unpaired) electrons. The summed E-state index contributed by atoms with van der Waals surface area (Å²) in [6.07, 6.45) is 4.37. The van der Waals surface area contributed by atoms with Gasteiger partial charge in [0.25, 0.3) is 0 Å². The second-order valence-electron chi connectivity index (χ2n) is 3.18. The fourth-order valence-electron chi connectivity index (χ4n) is 1.63. The van der Waals surface area contributed by atoms with E-state index in [0.29, 0.717) is 4.68 Å². The Morgan fingerprint density at radius 3 is 3.00 bits per heavy atom. The molecular weight excluding hydrogens is 340 g/mol. The molecule has 0 fully saturated rings. The van der Waals surface area contributed by atoms with Crippen molar-refractivity contribution in [2.45, 2.75) is 4.68 Å². The van der Waals surface area contributed by atoms with Gasteiger partial charge in [0.2, 0.25) is 0 Å². The zero-order valence-corrected chi connectivity index (χ0v) is 9.66. The fourth-order valence-corrected chi connectivity index (χ4v) is 5.19. The van der Waals surface area contributed by atoms with Crippen molar-refractivity contribution in [2.75, 3.05) is 11.9 Å². The molecule has 0 aliphatic carbocycles. The minimum atomic E-state index is -0.00991. The molecule has 1 aromatic carbocycles. The van der Waals surface area contributed by atoms with Crippen LogP contribution in [0, 0.1) is 0 Å². The Labute approximate surface area is 85.8 Å². The molecule has 0 N–H and O–H groups in total. The van der Waals surface area contributed by atoms with Gasteiger partial charge in [-0.25, -0.2) is 0 Å². The average molecular weight is 350 g/mol. The van der Waals surface area contributed by atoms with E-state index in [9.17, 15) is 0 Å². The summed E-state index contributed by atoms with van der Waals surface area (Å²) in [5.41, 5.74) is 1.42. The third kappa shape index (κ3) is 0.976. The fraction of sp³-hybridized carbons (Fsp3) is 0.200. The summed E-state index contributed by atoms with van der Waals surface area (Å²) in [6.45, 7) is 0. The first kappa shape index (κ1) is 7.60. The quantitative estimate of drug-likeness (QED) is 0.687. The molecule has 3 heteroatoms. The minimum absolute atomic E-state index is 0.00991. The Balaban J connectivity index is 2.09. The molecule has 1 unspecified atom stereocenters. The van der Waals surface area contributed by atoms with Gasteiger partial charge in [-0.1, -0.05) is 0 Å². The molecule has 2 nitrogen and oxygen atoms in total. The topological polar surface area (TPSA) is 6.48 Å². The number of para-hydroxylation sites is 1. The molecule has 2 aliphatic heterocycles. The molecule has 2 aliphatic rings. The summed E-state index contributed by atoms with van der Waals surface area (Å²) in [7, 11) is 2.16. The van der Waals surface area contributed by atoms with E-state index in [4.69, 9.17) is 0 Å². The first-order valence-corrected chi connectivity index (χ1v) is 6.80. The maximum atomic E-state index is 2.40. The Hall–Kier alpha value is -0.791. The van der Waals surface area contributed by atoms with Crippen molar-refractivity contribution in [1.82, 2.24) is 4.90 Å². The third-order valence-corrected chi connectivity index (χ3v) is 6.32. The number of fused-ring (bicyclic) bond motifs is 3. The van der Waals surface area contributed by atoms with Crippen LogP contribution in [0.1, 0.15) is 0 Å². The van der Waals surface area contributed by atoms with Crippen LogP contribution < -0.4 is 8.98 Å². The molecular formula is C10H10IrN2. The number of hydrogen-bond donors (Lipinski definition) is 0. The van der Waals surface area contributed by atoms with E-state index < -0.39 is 0 Å². The van der Waals surface area contributed by atoms with E-state index in [1.54, 1.807) is 4.08 Å². The van der Waals surface area contributed by atoms with Gasteiger partial charge in [0, 0.05) is 0 Å². The van der Waals surface area contributed by atoms with E-state index in [0.717, 1.165) is 0 Å². The summed E-state index contributed by atoms with van der Waals surface area (Å²) >= 11 is -0.00991. The van der Waals surface area contributed by atoms with Gasteiger partial charge in [-0.05, 0) is 0 Å². The molecule has 1 aromatic rings. The van der Waals surface area contributed by atoms with Gasteiger partial charge in [0.15, 0.2) is 0 Å². The molecule has 1 atom stereocenters. The van der Waals surface area contributed by atoms with Gasteiger partial charge in [0.1, 0.15) is 0 Å². The summed E-state index contributed by atoms with van der Waals surface area (Å²) in [5.74, 6) is 0. The predicted molar refractivity (Wildman–Crippen MR) is 49.2 cm³/mol. The zero-order chi connectivity index (χ0) is 8.84. The molecule has 0 saturated carbocycles. The van der Waals surface area contributed by atoms with Crippen LogP contribution in [0.3, 0.4) is 0 Å². The number of nitrogens with zero attached hydrogens (tertiary/aromatic N) is 2. The normalized spacial score (nSPS) is 24.2. The van der Waals surface area contributed by atoms with E-state index in [-0.39, 0.29) is 17.7 Å². The van der Waals surface area contributed by atoms with Crippen LogP contribution in [0.2, 0.25) is 0 Å². The van der Waals surface area contributed by atoms with Crippen LogP contribution in [-0.2, 0) is 17.7 Å². The van der Waals surface area contributed by atoms with Gasteiger partial charge in [-0.3, -0.25) is 0 Å². The van der Waals surface area contributed by atoms with Crippen molar-refractivity contribution >= 4 is 9.76 Å². The van der Waals surface area contributed by atoms with Crippen LogP contribution in [0.15, 0.2) is 36.7 Å². The van der Waals surface area contributed by atoms with Crippen LogP contribution in [0.5, 0.6) is 0 Å². The van der Waals surface area contributed by atoms with Crippen LogP contribution in [0.25, 0.3) is 0 Å². The van der Waals surface area contributed by atoms with E-state index in [1.165, 1.54) is 5.69 Å². The number of benzene rings is 1. The van der Waals surface area contributed by atoms with Gasteiger partial charge in [-0.15, -0.1) is 0 Å². The van der Waals surface area contributed by atoms with Gasteiger partial charge in [0.05, 0.1) is 0 Å². The van der Waals surface area contributed by atoms with E-state index in [2.05, 4.69) is 53.5 Å². The van der Waals surface area contributed by atoms with Crippen molar-refractivity contribution in [1.29, 1.82) is 0 Å². The van der Waals surface area contributed by atoms with E-state index in [1.807, 2.05) is 0 Å². The Bertz CT molecular complexity index is 375. The molecule has 0 amide bonds. The second-order valence-corrected chi connectivity index (χ2v) is 6.40. The summed E-state index contributed by atoms with van der Waals surface area (Å²) < 4.78 is 2.24. The van der Waals surface area contributed by atoms with E-state index >= 15 is 0 Å². The average Bonchev–Trinajstić information content (AvgIpc) is 2.67. The first-order valence-electron chi connectivity index (χ1n) is 4.22. The van der Waals surface area contributed by atoms with Crippen molar-refractivity contribution < 1.29 is 17.7 Å². The summed E-state index contributed by atoms with van der Waals surface area (Å²) in [4.78, 5) is 4.72. The molecule has 0 bridgehead atoms. The molecule has 0 aromatic heterocycles. The SMILES string of the molecule is CN1C=CN2c3cccc[c]3[Ir][CH]12. The number of anilines is 1. The number of rotatable bonds is 0. The number of hydrogen-bond acceptors (Lipinski definition) is 2. The molecule has 0 spiro atoms. The first-order chi connectivity index (χ1) is 6.36. The molecule has 3 rings (SSSR count). The van der Waals surface area contributed by atoms with Gasteiger partial charge in [-0.2, -0.15) is 0 Å². The monoisotopic (exact) mass is 351 g/mol. The van der Waals surface area contributed by atoms with Crippen molar-refractivity contribution in [3.05, 3.63) is 36.7 Å². The zero-order valence-electron chi connectivity index (χ0n) is 7.27. The van der Waals surface area contributed by atoms with Crippen LogP contribution >= 0.6 is 0 Å². The molecule has 13 heavy (non-hydrogen) atoms. The Morgan fingerprint density at radius 2 is 2.08 bits per heavy atom. The third-order valence-electron chi connectivity index (χ3n) is 2.30. The molecule has 69 valence electrons. The maximum absolute atomic E-state index is 2.40. The predicted octanol–water partition coefficient (Wildman–Crippen LogP) is 0.915. The van der Waals surface area contributed by atoms with Crippen molar-refractivity contribution in [2.24, 2.45) is 0 Å². The second kappa shape index (κ2) is 2.60.